The van der Waals surface area contributed by atoms with E-state index < -0.39 is 11.0 Å². The van der Waals surface area contributed by atoms with Crippen molar-refractivity contribution in [3.8, 4) is 0 Å². The zero-order chi connectivity index (χ0) is 10.7. The highest BCUT2D eigenvalue weighted by atomic mass is 79.9. The highest BCUT2D eigenvalue weighted by Crippen LogP contribution is 2.24. The molecule has 14 heavy (non-hydrogen) atoms. The van der Waals surface area contributed by atoms with Gasteiger partial charge in [0.05, 0.1) is 11.0 Å². The van der Waals surface area contributed by atoms with Gasteiger partial charge >= 0.3 is 0 Å². The van der Waals surface area contributed by atoms with Crippen LogP contribution in [0.3, 0.4) is 0 Å². The van der Waals surface area contributed by atoms with E-state index in [1.807, 2.05) is 0 Å². The van der Waals surface area contributed by atoms with Gasteiger partial charge in [-0.25, -0.2) is 0 Å². The van der Waals surface area contributed by atoms with Gasteiger partial charge in [0.1, 0.15) is 0 Å². The van der Waals surface area contributed by atoms with Gasteiger partial charge in [-0.1, -0.05) is 15.9 Å². The molecule has 0 spiro atoms. The van der Waals surface area contributed by atoms with Crippen LogP contribution in [0.25, 0.3) is 0 Å². The van der Waals surface area contributed by atoms with Crippen molar-refractivity contribution in [3.63, 3.8) is 0 Å². The van der Waals surface area contributed by atoms with Crippen LogP contribution in [-0.2, 0) is 0 Å². The van der Waals surface area contributed by atoms with Crippen molar-refractivity contribution in [2.24, 2.45) is 5.73 Å². The molecule has 1 atom stereocenters. The molecule has 0 fully saturated rings. The summed E-state index contributed by atoms with van der Waals surface area (Å²) in [5.41, 5.74) is 5.62. The minimum Gasteiger partial charge on any atom is -0.387 e. The minimum atomic E-state index is -0.869. The lowest BCUT2D eigenvalue weighted by molar-refractivity contribution is -0.385. The van der Waals surface area contributed by atoms with Crippen LogP contribution in [0.4, 0.5) is 5.69 Å². The molecular formula is C8H9BrN2O3. The molecule has 0 amide bonds. The number of nitro groups is 1. The Balaban J connectivity index is 3.13. The second-order valence-electron chi connectivity index (χ2n) is 2.75. The van der Waals surface area contributed by atoms with Crippen molar-refractivity contribution in [2.75, 3.05) is 6.54 Å². The van der Waals surface area contributed by atoms with Gasteiger partial charge in [-0.15, -0.1) is 0 Å². The topological polar surface area (TPSA) is 89.4 Å². The van der Waals surface area contributed by atoms with Gasteiger partial charge in [0.25, 0.3) is 5.69 Å². The van der Waals surface area contributed by atoms with Crippen molar-refractivity contribution < 1.29 is 10.0 Å². The Kier molecular flexibility index (Phi) is 3.56. The molecular weight excluding hydrogens is 252 g/mol. The number of halogens is 1. The average Bonchev–Trinajstić information content (AvgIpc) is 2.15. The van der Waals surface area contributed by atoms with Crippen LogP contribution in [-0.4, -0.2) is 16.6 Å². The Hall–Kier alpha value is -0.980. The number of benzene rings is 1. The van der Waals surface area contributed by atoms with Crippen molar-refractivity contribution in [3.05, 3.63) is 38.3 Å². The second-order valence-corrected chi connectivity index (χ2v) is 3.67. The lowest BCUT2D eigenvalue weighted by Gasteiger charge is -2.07. The maximum absolute atomic E-state index is 10.5. The van der Waals surface area contributed by atoms with Gasteiger partial charge in [-0.2, -0.15) is 0 Å². The molecule has 76 valence electrons. The third kappa shape index (κ3) is 2.50. The Labute approximate surface area is 88.8 Å². The molecule has 3 N–H and O–H groups in total. The Bertz CT molecular complexity index is 356. The number of hydrogen-bond donors (Lipinski definition) is 2. The zero-order valence-corrected chi connectivity index (χ0v) is 8.77. The molecule has 0 bridgehead atoms. The molecule has 5 nitrogen and oxygen atoms in total. The maximum Gasteiger partial charge on any atom is 0.270 e. The maximum atomic E-state index is 10.5. The van der Waals surface area contributed by atoms with E-state index in [2.05, 4.69) is 15.9 Å². The zero-order valence-electron chi connectivity index (χ0n) is 7.18. The summed E-state index contributed by atoms with van der Waals surface area (Å²) in [6, 6.07) is 4.28. The number of nitrogens with two attached hydrogens (primary N) is 1. The normalized spacial score (nSPS) is 12.5. The first-order chi connectivity index (χ1) is 6.54. The number of aliphatic hydroxyl groups excluding tert-OH is 1. The third-order valence-corrected chi connectivity index (χ3v) is 2.18. The summed E-state index contributed by atoms with van der Waals surface area (Å²) in [4.78, 5) is 9.97. The summed E-state index contributed by atoms with van der Waals surface area (Å²) in [5.74, 6) is 0. The molecule has 0 aliphatic carbocycles. The molecule has 0 saturated carbocycles. The van der Waals surface area contributed by atoms with E-state index in [1.165, 1.54) is 12.1 Å². The number of hydrogen-bond acceptors (Lipinski definition) is 4. The fourth-order valence-corrected chi connectivity index (χ4v) is 1.53. The molecule has 0 aliphatic rings. The van der Waals surface area contributed by atoms with Crippen molar-refractivity contribution >= 4 is 21.6 Å². The summed E-state index contributed by atoms with van der Waals surface area (Å²) in [6.07, 6.45) is -0.869. The predicted molar refractivity (Wildman–Crippen MR) is 54.8 cm³/mol. The van der Waals surface area contributed by atoms with Crippen molar-refractivity contribution in [1.29, 1.82) is 0 Å². The molecule has 0 aliphatic heterocycles. The number of nitro benzene ring substituents is 1. The first-order valence-electron chi connectivity index (χ1n) is 3.87. The number of rotatable bonds is 3. The highest BCUT2D eigenvalue weighted by molar-refractivity contribution is 9.10. The van der Waals surface area contributed by atoms with E-state index in [0.29, 0.717) is 10.0 Å². The summed E-state index contributed by atoms with van der Waals surface area (Å²) in [5, 5.41) is 19.9. The Morgan fingerprint density at radius 2 is 2.21 bits per heavy atom. The van der Waals surface area contributed by atoms with Gasteiger partial charge in [0.15, 0.2) is 0 Å². The van der Waals surface area contributed by atoms with Crippen LogP contribution in [0.1, 0.15) is 11.7 Å². The lowest BCUT2D eigenvalue weighted by atomic mass is 10.1. The standard InChI is InChI=1S/C8H9BrN2O3/c9-6-1-5(8(12)4-10)2-7(3-6)11(13)14/h1-3,8,12H,4,10H2/t8-/m0/s1. The Morgan fingerprint density at radius 1 is 1.57 bits per heavy atom. The van der Waals surface area contributed by atoms with Crippen LogP contribution in [0.15, 0.2) is 22.7 Å². The predicted octanol–water partition coefficient (Wildman–Crippen LogP) is 1.35. The molecule has 0 heterocycles. The van der Waals surface area contributed by atoms with Gasteiger partial charge < -0.3 is 10.8 Å². The summed E-state index contributed by atoms with van der Waals surface area (Å²) in [6.45, 7) is 0.0353. The van der Waals surface area contributed by atoms with Gasteiger partial charge in [0, 0.05) is 23.2 Å². The molecule has 6 heteroatoms. The Morgan fingerprint density at radius 3 is 2.71 bits per heavy atom. The fourth-order valence-electron chi connectivity index (χ4n) is 1.03. The molecule has 0 saturated heterocycles. The van der Waals surface area contributed by atoms with Gasteiger partial charge in [-0.05, 0) is 11.6 Å². The van der Waals surface area contributed by atoms with E-state index in [1.54, 1.807) is 6.07 Å². The van der Waals surface area contributed by atoms with E-state index in [9.17, 15) is 15.2 Å². The largest absolute Gasteiger partial charge is 0.387 e. The molecule has 1 rings (SSSR count). The molecule has 0 unspecified atom stereocenters. The third-order valence-electron chi connectivity index (χ3n) is 1.72. The summed E-state index contributed by atoms with van der Waals surface area (Å²) in [7, 11) is 0. The summed E-state index contributed by atoms with van der Waals surface area (Å²) < 4.78 is 0.550. The SMILES string of the molecule is NC[C@H](O)c1cc(Br)cc([N+](=O)[O-])c1. The quantitative estimate of drug-likeness (QED) is 0.634. The highest BCUT2D eigenvalue weighted by Gasteiger charge is 2.12. The van der Waals surface area contributed by atoms with Gasteiger partial charge in [-0.3, -0.25) is 10.1 Å². The molecule has 0 radical (unpaired) electrons. The minimum absolute atomic E-state index is 0.0353. The van der Waals surface area contributed by atoms with Crippen LogP contribution in [0.5, 0.6) is 0 Å². The smallest absolute Gasteiger partial charge is 0.270 e. The second kappa shape index (κ2) is 4.50. The van der Waals surface area contributed by atoms with E-state index >= 15 is 0 Å². The van der Waals surface area contributed by atoms with Crippen LogP contribution in [0, 0.1) is 10.1 Å². The van der Waals surface area contributed by atoms with Crippen LogP contribution >= 0.6 is 15.9 Å². The first-order valence-corrected chi connectivity index (χ1v) is 4.67. The van der Waals surface area contributed by atoms with E-state index in [4.69, 9.17) is 5.73 Å². The summed E-state index contributed by atoms with van der Waals surface area (Å²) >= 11 is 3.12. The number of nitrogens with zero attached hydrogens (tertiary/aromatic N) is 1. The fraction of sp³-hybridized carbons (Fsp3) is 0.250. The molecule has 1 aromatic carbocycles. The van der Waals surface area contributed by atoms with E-state index in [0.717, 1.165) is 0 Å². The van der Waals surface area contributed by atoms with Crippen molar-refractivity contribution in [1.82, 2.24) is 0 Å². The lowest BCUT2D eigenvalue weighted by Crippen LogP contribution is -2.11. The number of aliphatic hydroxyl groups is 1. The molecule has 1 aromatic rings. The first kappa shape index (κ1) is 11.1. The van der Waals surface area contributed by atoms with E-state index in [-0.39, 0.29) is 12.2 Å². The van der Waals surface area contributed by atoms with Crippen LogP contribution < -0.4 is 5.73 Å². The number of non-ortho nitro benzene ring substituents is 1. The van der Waals surface area contributed by atoms with Crippen LogP contribution in [0.2, 0.25) is 0 Å². The monoisotopic (exact) mass is 260 g/mol. The van der Waals surface area contributed by atoms with Gasteiger partial charge in [0.2, 0.25) is 0 Å². The average molecular weight is 261 g/mol. The van der Waals surface area contributed by atoms with Crippen molar-refractivity contribution in [2.45, 2.75) is 6.10 Å². The molecule has 0 aromatic heterocycles.